The number of nitrogens with one attached hydrogen (secondary N) is 2. The zero-order chi connectivity index (χ0) is 24.1. The van der Waals surface area contributed by atoms with Crippen molar-refractivity contribution in [1.29, 1.82) is 5.26 Å². The van der Waals surface area contributed by atoms with Crippen LogP contribution in [-0.2, 0) is 4.79 Å². The van der Waals surface area contributed by atoms with Gasteiger partial charge in [0.15, 0.2) is 0 Å². The van der Waals surface area contributed by atoms with E-state index in [0.29, 0.717) is 29.6 Å². The Bertz CT molecular complexity index is 1040. The molecule has 1 aliphatic rings. The van der Waals surface area contributed by atoms with E-state index in [1.54, 1.807) is 0 Å². The Morgan fingerprint density at radius 1 is 1.15 bits per heavy atom. The number of urea groups is 1. The van der Waals surface area contributed by atoms with Gasteiger partial charge in [0.05, 0.1) is 35.4 Å². The molecule has 9 heteroatoms. The summed E-state index contributed by atoms with van der Waals surface area (Å²) < 4.78 is 0. The van der Waals surface area contributed by atoms with E-state index in [-0.39, 0.29) is 17.7 Å². The molecule has 9 nitrogen and oxygen atoms in total. The predicted molar refractivity (Wildman–Crippen MR) is 126 cm³/mol. The molecule has 0 bridgehead atoms. The summed E-state index contributed by atoms with van der Waals surface area (Å²) in [5, 5.41) is 23.8. The number of nitriles is 1. The number of carboxylic acid groups (broad SMARTS) is 1. The number of benzene rings is 1. The summed E-state index contributed by atoms with van der Waals surface area (Å²) in [5.41, 5.74) is 2.77. The Morgan fingerprint density at radius 3 is 2.30 bits per heavy atom. The van der Waals surface area contributed by atoms with E-state index < -0.39 is 12.0 Å². The van der Waals surface area contributed by atoms with Crippen LogP contribution in [0.3, 0.4) is 0 Å². The average molecular weight is 451 g/mol. The first-order valence-corrected chi connectivity index (χ1v) is 11.1. The predicted octanol–water partition coefficient (Wildman–Crippen LogP) is 4.30. The lowest BCUT2D eigenvalue weighted by atomic mass is 10.0. The molecule has 33 heavy (non-hydrogen) atoms. The van der Waals surface area contributed by atoms with E-state index in [4.69, 9.17) is 5.26 Å². The second kappa shape index (κ2) is 10.3. The molecular weight excluding hydrogens is 420 g/mol. The highest BCUT2D eigenvalue weighted by atomic mass is 16.4. The molecule has 0 radical (unpaired) electrons. The van der Waals surface area contributed by atoms with Crippen molar-refractivity contribution in [2.45, 2.75) is 40.0 Å². The minimum Gasteiger partial charge on any atom is -0.481 e. The highest BCUT2D eigenvalue weighted by Gasteiger charge is 2.44. The maximum absolute atomic E-state index is 12.8. The molecule has 2 atom stereocenters. The molecule has 3 N–H and O–H groups in total. The van der Waals surface area contributed by atoms with Crippen molar-refractivity contribution >= 4 is 29.1 Å². The number of aromatic nitrogens is 2. The van der Waals surface area contributed by atoms with Crippen molar-refractivity contribution in [2.24, 2.45) is 17.8 Å². The molecule has 0 spiro atoms. The number of carboxylic acids is 1. The van der Waals surface area contributed by atoms with Gasteiger partial charge in [0, 0.05) is 13.1 Å². The topological polar surface area (TPSA) is 131 Å². The first kappa shape index (κ1) is 24.0. The van der Waals surface area contributed by atoms with Crippen LogP contribution in [0.4, 0.5) is 21.9 Å². The average Bonchev–Trinajstić information content (AvgIpc) is 3.54. The van der Waals surface area contributed by atoms with E-state index in [2.05, 4.69) is 53.2 Å². The Labute approximate surface area is 193 Å². The van der Waals surface area contributed by atoms with Gasteiger partial charge in [0.2, 0.25) is 5.82 Å². The summed E-state index contributed by atoms with van der Waals surface area (Å²) in [4.78, 5) is 34.1. The summed E-state index contributed by atoms with van der Waals surface area (Å²) >= 11 is 0. The smallest absolute Gasteiger partial charge is 0.323 e. The van der Waals surface area contributed by atoms with Crippen LogP contribution >= 0.6 is 0 Å². The van der Waals surface area contributed by atoms with Gasteiger partial charge in [-0.3, -0.25) is 4.79 Å². The van der Waals surface area contributed by atoms with Crippen molar-refractivity contribution in [3.8, 4) is 6.07 Å². The van der Waals surface area contributed by atoms with Crippen LogP contribution in [0.15, 0.2) is 30.6 Å². The summed E-state index contributed by atoms with van der Waals surface area (Å²) in [6, 6.07) is 7.18. The second-order valence-corrected chi connectivity index (χ2v) is 9.24. The van der Waals surface area contributed by atoms with E-state index >= 15 is 0 Å². The third kappa shape index (κ3) is 6.42. The van der Waals surface area contributed by atoms with Crippen molar-refractivity contribution in [1.82, 2.24) is 9.97 Å². The van der Waals surface area contributed by atoms with Crippen molar-refractivity contribution in [3.63, 3.8) is 0 Å². The first-order chi connectivity index (χ1) is 15.7. The van der Waals surface area contributed by atoms with Crippen LogP contribution in [0.25, 0.3) is 0 Å². The van der Waals surface area contributed by atoms with Gasteiger partial charge >= 0.3 is 12.0 Å². The molecule has 0 aliphatic heterocycles. The molecule has 1 fully saturated rings. The molecule has 0 unspecified atom stereocenters. The van der Waals surface area contributed by atoms with Gasteiger partial charge in [0.25, 0.3) is 0 Å². The van der Waals surface area contributed by atoms with Crippen molar-refractivity contribution in [3.05, 3.63) is 42.0 Å². The lowest BCUT2D eigenvalue weighted by Gasteiger charge is -2.30. The normalized spacial score (nSPS) is 16.9. The van der Waals surface area contributed by atoms with Gasteiger partial charge in [-0.1, -0.05) is 33.8 Å². The summed E-state index contributed by atoms with van der Waals surface area (Å²) in [5.74, 6) is -0.363. The van der Waals surface area contributed by atoms with E-state index in [9.17, 15) is 14.7 Å². The number of hydrogen-bond acceptors (Lipinski definition) is 6. The number of nitrogens with zero attached hydrogens (tertiary/aromatic N) is 4. The molecule has 1 aliphatic carbocycles. The summed E-state index contributed by atoms with van der Waals surface area (Å²) in [7, 11) is 0. The third-order valence-electron chi connectivity index (χ3n) is 5.33. The zero-order valence-corrected chi connectivity index (χ0v) is 19.4. The van der Waals surface area contributed by atoms with Crippen LogP contribution in [0.2, 0.25) is 0 Å². The van der Waals surface area contributed by atoms with Gasteiger partial charge in [-0.15, -0.1) is 0 Å². The maximum Gasteiger partial charge on any atom is 0.323 e. The number of anilines is 3. The molecule has 1 saturated carbocycles. The molecule has 174 valence electrons. The van der Waals surface area contributed by atoms with Crippen LogP contribution in [0.5, 0.6) is 0 Å². The Hall–Kier alpha value is -3.67. The van der Waals surface area contributed by atoms with Crippen LogP contribution in [0, 0.1) is 29.1 Å². The van der Waals surface area contributed by atoms with Crippen molar-refractivity contribution in [2.75, 3.05) is 28.6 Å². The summed E-state index contributed by atoms with van der Waals surface area (Å²) in [6.07, 6.45) is 3.34. The Balaban J connectivity index is 1.88. The van der Waals surface area contributed by atoms with E-state index in [0.717, 1.165) is 24.3 Å². The molecule has 3 rings (SSSR count). The largest absolute Gasteiger partial charge is 0.481 e. The molecule has 2 aromatic rings. The zero-order valence-electron chi connectivity index (χ0n) is 19.4. The van der Waals surface area contributed by atoms with Gasteiger partial charge in [0.1, 0.15) is 6.07 Å². The number of aliphatic carboxylic acids is 1. The standard InChI is InChI=1S/C24H30N6O3/c1-14(2)12-30(13-15(3)4)21-6-5-16(18-8-19(18)23(31)32)7-20(21)29-24(33)28-17-10-26-22(9-25)27-11-17/h5-7,10-11,14-15,18-19H,8,12-13H2,1-4H3,(H,31,32)(H2,28,29,33)/t18-,19-/m1/s1. The SMILES string of the molecule is CC(C)CN(CC(C)C)c1ccc([C@H]2C[C@H]2C(=O)O)cc1NC(=O)Nc1cnc(C#N)nc1. The minimum atomic E-state index is -0.793. The molecule has 1 heterocycles. The lowest BCUT2D eigenvalue weighted by molar-refractivity contribution is -0.138. The Morgan fingerprint density at radius 2 is 1.79 bits per heavy atom. The van der Waals surface area contributed by atoms with Crippen LogP contribution in [-0.4, -0.2) is 40.2 Å². The maximum atomic E-state index is 12.8. The molecular formula is C24H30N6O3. The summed E-state index contributed by atoms with van der Waals surface area (Å²) in [6.45, 7) is 10.2. The van der Waals surface area contributed by atoms with E-state index in [1.807, 2.05) is 24.3 Å². The quantitative estimate of drug-likeness (QED) is 0.519. The van der Waals surface area contributed by atoms with Crippen molar-refractivity contribution < 1.29 is 14.7 Å². The fourth-order valence-corrected chi connectivity index (χ4v) is 3.88. The first-order valence-electron chi connectivity index (χ1n) is 11.1. The van der Waals surface area contributed by atoms with Gasteiger partial charge in [-0.25, -0.2) is 14.8 Å². The van der Waals surface area contributed by atoms with Gasteiger partial charge in [-0.2, -0.15) is 5.26 Å². The number of amides is 2. The number of carbonyl (C=O) groups is 2. The third-order valence-corrected chi connectivity index (χ3v) is 5.33. The highest BCUT2D eigenvalue weighted by molar-refractivity contribution is 6.01. The monoisotopic (exact) mass is 450 g/mol. The lowest BCUT2D eigenvalue weighted by Crippen LogP contribution is -2.32. The number of carbonyl (C=O) groups excluding carboxylic acids is 1. The minimum absolute atomic E-state index is 0.0198. The van der Waals surface area contributed by atoms with Crippen LogP contribution < -0.4 is 15.5 Å². The number of rotatable bonds is 9. The fourth-order valence-electron chi connectivity index (χ4n) is 3.88. The molecule has 1 aromatic heterocycles. The van der Waals surface area contributed by atoms with Gasteiger partial charge in [-0.05, 0) is 41.9 Å². The molecule has 0 saturated heterocycles. The second-order valence-electron chi connectivity index (χ2n) is 9.24. The number of hydrogen-bond donors (Lipinski definition) is 3. The Kier molecular flexibility index (Phi) is 7.48. The van der Waals surface area contributed by atoms with Crippen LogP contribution in [0.1, 0.15) is 51.4 Å². The van der Waals surface area contributed by atoms with Gasteiger partial charge < -0.3 is 20.6 Å². The highest BCUT2D eigenvalue weighted by Crippen LogP contribution is 2.49. The van der Waals surface area contributed by atoms with E-state index in [1.165, 1.54) is 12.4 Å². The molecule has 2 amide bonds. The molecule has 1 aromatic carbocycles. The fraction of sp³-hybridized carbons (Fsp3) is 0.458.